The molecule has 8 nitrogen and oxygen atoms in total. The zero-order valence-electron chi connectivity index (χ0n) is 20.0. The summed E-state index contributed by atoms with van der Waals surface area (Å²) in [5, 5.41) is 2.71. The van der Waals surface area contributed by atoms with Crippen molar-refractivity contribution in [3.05, 3.63) is 59.9 Å². The second kappa shape index (κ2) is 12.4. The number of carbonyl (C=O) groups is 2. The fourth-order valence-electron chi connectivity index (χ4n) is 3.46. The lowest BCUT2D eigenvalue weighted by Crippen LogP contribution is -2.47. The number of anilines is 1. The fraction of sp³-hybridized carbons (Fsp3) is 0.417. The Bertz CT molecular complexity index is 1080. The summed E-state index contributed by atoms with van der Waals surface area (Å²) in [6, 6.07) is 11.6. The fourth-order valence-corrected chi connectivity index (χ4v) is 4.42. The first kappa shape index (κ1) is 27.1. The summed E-state index contributed by atoms with van der Waals surface area (Å²) in [6.45, 7) is 4.05. The molecule has 1 atom stereocenters. The van der Waals surface area contributed by atoms with Crippen LogP contribution in [0.25, 0.3) is 0 Å². The second-order valence-corrected chi connectivity index (χ2v) is 9.77. The number of nitrogens with one attached hydrogen (secondary N) is 1. The lowest BCUT2D eigenvalue weighted by atomic mass is 10.1. The molecule has 0 aliphatic heterocycles. The van der Waals surface area contributed by atoms with Crippen LogP contribution in [0.4, 0.5) is 10.1 Å². The highest BCUT2D eigenvalue weighted by molar-refractivity contribution is 7.92. The molecular weight excluding hydrogens is 461 g/mol. The third kappa shape index (κ3) is 7.72. The molecule has 2 rings (SSSR count). The molecule has 2 aromatic rings. The van der Waals surface area contributed by atoms with Crippen LogP contribution < -0.4 is 14.4 Å². The minimum Gasteiger partial charge on any atom is -0.497 e. The predicted molar refractivity (Wildman–Crippen MR) is 130 cm³/mol. The van der Waals surface area contributed by atoms with Crippen LogP contribution in [0.2, 0.25) is 0 Å². The van der Waals surface area contributed by atoms with E-state index in [-0.39, 0.29) is 37.7 Å². The Labute approximate surface area is 200 Å². The number of amides is 2. The van der Waals surface area contributed by atoms with Crippen molar-refractivity contribution in [1.82, 2.24) is 10.2 Å². The quantitative estimate of drug-likeness (QED) is 0.491. The Hall–Kier alpha value is -3.14. The molecule has 0 unspecified atom stereocenters. The second-order valence-electron chi connectivity index (χ2n) is 7.86. The minimum absolute atomic E-state index is 0.0287. The first-order chi connectivity index (χ1) is 16.1. The minimum atomic E-state index is -3.60. The molecule has 0 radical (unpaired) electrons. The Balaban J connectivity index is 2.15. The van der Waals surface area contributed by atoms with Crippen LogP contribution in [0.15, 0.2) is 48.5 Å². The molecule has 2 aromatic carbocycles. The summed E-state index contributed by atoms with van der Waals surface area (Å²) in [6.07, 6.45) is 1.37. The van der Waals surface area contributed by atoms with Gasteiger partial charge < -0.3 is 15.0 Å². The number of hydrogen-bond donors (Lipinski definition) is 1. The number of methoxy groups -OCH3 is 1. The smallest absolute Gasteiger partial charge is 0.242 e. The molecular formula is C24H32FN3O5S. The molecule has 0 aliphatic carbocycles. The van der Waals surface area contributed by atoms with E-state index < -0.39 is 21.9 Å². The maximum Gasteiger partial charge on any atom is 0.242 e. The average Bonchev–Trinajstić information content (AvgIpc) is 2.80. The van der Waals surface area contributed by atoms with Crippen LogP contribution in [0, 0.1) is 5.82 Å². The molecule has 10 heteroatoms. The van der Waals surface area contributed by atoms with Gasteiger partial charge in [0.05, 0.1) is 19.1 Å². The van der Waals surface area contributed by atoms with Crippen molar-refractivity contribution >= 4 is 27.5 Å². The van der Waals surface area contributed by atoms with E-state index in [4.69, 9.17) is 4.74 Å². The third-order valence-corrected chi connectivity index (χ3v) is 6.47. The van der Waals surface area contributed by atoms with Crippen LogP contribution in [0.5, 0.6) is 5.75 Å². The van der Waals surface area contributed by atoms with E-state index in [9.17, 15) is 22.4 Å². The van der Waals surface area contributed by atoms with E-state index in [1.165, 1.54) is 28.4 Å². The molecule has 0 heterocycles. The van der Waals surface area contributed by atoms with Crippen molar-refractivity contribution in [2.75, 3.05) is 30.8 Å². The van der Waals surface area contributed by atoms with Gasteiger partial charge in [0.15, 0.2) is 0 Å². The van der Waals surface area contributed by atoms with Crippen molar-refractivity contribution in [2.24, 2.45) is 0 Å². The number of hydrogen-bond acceptors (Lipinski definition) is 5. The van der Waals surface area contributed by atoms with Crippen LogP contribution in [-0.2, 0) is 26.2 Å². The predicted octanol–water partition coefficient (Wildman–Crippen LogP) is 2.93. The molecule has 34 heavy (non-hydrogen) atoms. The Kier molecular flexibility index (Phi) is 9.85. The van der Waals surface area contributed by atoms with Crippen LogP contribution >= 0.6 is 0 Å². The number of halogens is 1. The zero-order valence-corrected chi connectivity index (χ0v) is 20.8. The van der Waals surface area contributed by atoms with Gasteiger partial charge in [0, 0.05) is 32.1 Å². The van der Waals surface area contributed by atoms with Gasteiger partial charge >= 0.3 is 0 Å². The van der Waals surface area contributed by atoms with E-state index in [0.717, 1.165) is 6.26 Å². The van der Waals surface area contributed by atoms with E-state index in [1.807, 2.05) is 0 Å². The summed E-state index contributed by atoms with van der Waals surface area (Å²) >= 11 is 0. The number of ether oxygens (including phenoxy) is 1. The van der Waals surface area contributed by atoms with Gasteiger partial charge in [0.2, 0.25) is 21.8 Å². The van der Waals surface area contributed by atoms with Gasteiger partial charge in [0.1, 0.15) is 17.6 Å². The highest BCUT2D eigenvalue weighted by Gasteiger charge is 2.26. The number of sulfonamides is 1. The summed E-state index contributed by atoms with van der Waals surface area (Å²) in [5.41, 5.74) is 1.12. The van der Waals surface area contributed by atoms with Crippen LogP contribution in [-0.4, -0.2) is 57.6 Å². The molecule has 0 bridgehead atoms. The molecule has 0 saturated carbocycles. The van der Waals surface area contributed by atoms with Gasteiger partial charge in [-0.2, -0.15) is 0 Å². The zero-order chi connectivity index (χ0) is 25.3. The van der Waals surface area contributed by atoms with Gasteiger partial charge in [-0.15, -0.1) is 0 Å². The van der Waals surface area contributed by atoms with Gasteiger partial charge in [-0.05, 0) is 50.1 Å². The highest BCUT2D eigenvalue weighted by atomic mass is 32.2. The molecule has 186 valence electrons. The van der Waals surface area contributed by atoms with E-state index in [1.54, 1.807) is 50.2 Å². The van der Waals surface area contributed by atoms with E-state index >= 15 is 0 Å². The topological polar surface area (TPSA) is 96.0 Å². The summed E-state index contributed by atoms with van der Waals surface area (Å²) < 4.78 is 44.5. The SMILES string of the molecule is CCNC(=O)[C@@H](C)N(Cc1ccc(F)cc1)C(=O)CCCN(c1cccc(OC)c1)S(C)(=O)=O. The molecule has 0 saturated heterocycles. The van der Waals surface area contributed by atoms with Crippen molar-refractivity contribution < 1.29 is 27.1 Å². The number of nitrogens with zero attached hydrogens (tertiary/aromatic N) is 2. The van der Waals surface area contributed by atoms with Crippen LogP contribution in [0.3, 0.4) is 0 Å². The van der Waals surface area contributed by atoms with Gasteiger partial charge in [-0.25, -0.2) is 12.8 Å². The van der Waals surface area contributed by atoms with Crippen molar-refractivity contribution in [2.45, 2.75) is 39.3 Å². The van der Waals surface area contributed by atoms with Gasteiger partial charge in [-0.3, -0.25) is 13.9 Å². The lowest BCUT2D eigenvalue weighted by Gasteiger charge is -2.29. The van der Waals surface area contributed by atoms with Crippen molar-refractivity contribution in [1.29, 1.82) is 0 Å². The summed E-state index contributed by atoms with van der Waals surface area (Å²) in [5.74, 6) is -0.477. The first-order valence-electron chi connectivity index (χ1n) is 11.0. The molecule has 2 amide bonds. The third-order valence-electron chi connectivity index (χ3n) is 5.28. The molecule has 0 aromatic heterocycles. The van der Waals surface area contributed by atoms with E-state index in [2.05, 4.69) is 5.32 Å². The molecule has 0 fully saturated rings. The highest BCUT2D eigenvalue weighted by Crippen LogP contribution is 2.24. The standard InChI is InChI=1S/C24H32FN3O5S/c1-5-26-24(30)18(2)27(17-19-11-13-20(25)14-12-19)23(29)10-7-15-28(34(4,31)32)21-8-6-9-22(16-21)33-3/h6,8-9,11-14,16,18H,5,7,10,15,17H2,1-4H3,(H,26,30)/t18-/m1/s1. The van der Waals surface area contributed by atoms with Crippen molar-refractivity contribution in [3.8, 4) is 5.75 Å². The molecule has 0 spiro atoms. The largest absolute Gasteiger partial charge is 0.497 e. The number of carbonyl (C=O) groups excluding carboxylic acids is 2. The number of benzene rings is 2. The Morgan fingerprint density at radius 2 is 1.82 bits per heavy atom. The summed E-state index contributed by atoms with van der Waals surface area (Å²) in [7, 11) is -2.10. The van der Waals surface area contributed by atoms with E-state index in [0.29, 0.717) is 23.5 Å². The summed E-state index contributed by atoms with van der Waals surface area (Å²) in [4.78, 5) is 27.0. The molecule has 1 N–H and O–H groups in total. The maximum atomic E-state index is 13.3. The normalized spacial score (nSPS) is 12.0. The monoisotopic (exact) mass is 493 g/mol. The number of rotatable bonds is 12. The average molecular weight is 494 g/mol. The Morgan fingerprint density at radius 3 is 2.41 bits per heavy atom. The van der Waals surface area contributed by atoms with Gasteiger partial charge in [-0.1, -0.05) is 18.2 Å². The van der Waals surface area contributed by atoms with Gasteiger partial charge in [0.25, 0.3) is 0 Å². The molecule has 0 aliphatic rings. The first-order valence-corrected chi connectivity index (χ1v) is 12.8. The maximum absolute atomic E-state index is 13.3. The van der Waals surface area contributed by atoms with Crippen LogP contribution in [0.1, 0.15) is 32.3 Å². The lowest BCUT2D eigenvalue weighted by molar-refractivity contribution is -0.140. The Morgan fingerprint density at radius 1 is 1.15 bits per heavy atom. The van der Waals surface area contributed by atoms with Crippen molar-refractivity contribution in [3.63, 3.8) is 0 Å². The number of likely N-dealkylation sites (N-methyl/N-ethyl adjacent to an activating group) is 1.